The predicted octanol–water partition coefficient (Wildman–Crippen LogP) is 2.87. The van der Waals surface area contributed by atoms with Crippen LogP contribution in [0, 0.1) is 0 Å². The Morgan fingerprint density at radius 2 is 1.95 bits per heavy atom. The zero-order chi connectivity index (χ0) is 14.8. The third kappa shape index (κ3) is 2.69. The molecule has 1 N–H and O–H groups in total. The molecule has 0 aliphatic carbocycles. The van der Waals surface area contributed by atoms with E-state index < -0.39 is 6.10 Å². The van der Waals surface area contributed by atoms with Gasteiger partial charge in [-0.2, -0.15) is 0 Å². The summed E-state index contributed by atoms with van der Waals surface area (Å²) < 4.78 is 0. The quantitative estimate of drug-likeness (QED) is 0.909. The largest absolute Gasteiger partial charge is 0.391 e. The summed E-state index contributed by atoms with van der Waals surface area (Å²) >= 11 is 0. The molecule has 2 rings (SSSR count). The Labute approximate surface area is 121 Å². The van der Waals surface area contributed by atoms with Crippen LogP contribution in [0.15, 0.2) is 36.5 Å². The molecule has 1 aromatic heterocycles. The van der Waals surface area contributed by atoms with Gasteiger partial charge in [0.25, 0.3) is 0 Å². The maximum absolute atomic E-state index is 10.7. The first-order valence-electron chi connectivity index (χ1n) is 7.17. The van der Waals surface area contributed by atoms with Gasteiger partial charge in [-0.25, -0.2) is 0 Å². The molecule has 0 aliphatic rings. The lowest BCUT2D eigenvalue weighted by Crippen LogP contribution is -2.51. The molecule has 0 aliphatic heterocycles. The number of aliphatic hydroxyl groups excluding tert-OH is 1. The lowest BCUT2D eigenvalue weighted by molar-refractivity contribution is 0.00319. The molecule has 108 valence electrons. The van der Waals surface area contributed by atoms with Crippen molar-refractivity contribution in [1.82, 2.24) is 9.88 Å². The van der Waals surface area contributed by atoms with Crippen molar-refractivity contribution in [2.75, 3.05) is 14.1 Å². The zero-order valence-corrected chi connectivity index (χ0v) is 12.8. The smallest absolute Gasteiger partial charge is 0.0761 e. The van der Waals surface area contributed by atoms with Crippen LogP contribution < -0.4 is 0 Å². The summed E-state index contributed by atoms with van der Waals surface area (Å²) in [4.78, 5) is 6.49. The van der Waals surface area contributed by atoms with Gasteiger partial charge < -0.3 is 10.0 Å². The fraction of sp³-hybridized carbons (Fsp3) is 0.471. The Bertz CT molecular complexity index is 577. The van der Waals surface area contributed by atoms with Gasteiger partial charge in [0, 0.05) is 23.5 Å². The number of aliphatic hydroxyl groups is 1. The van der Waals surface area contributed by atoms with E-state index in [-0.39, 0.29) is 5.54 Å². The van der Waals surface area contributed by atoms with E-state index in [9.17, 15) is 5.11 Å². The van der Waals surface area contributed by atoms with E-state index in [1.807, 2.05) is 44.6 Å². The van der Waals surface area contributed by atoms with E-state index in [1.165, 1.54) is 0 Å². The van der Waals surface area contributed by atoms with Crippen LogP contribution in [0.5, 0.6) is 0 Å². The van der Waals surface area contributed by atoms with E-state index >= 15 is 0 Å². The molecular weight excluding hydrogens is 248 g/mol. The number of para-hydroxylation sites is 1. The van der Waals surface area contributed by atoms with Crippen LogP contribution in [-0.2, 0) is 6.42 Å². The van der Waals surface area contributed by atoms with E-state index in [4.69, 9.17) is 0 Å². The third-order valence-corrected chi connectivity index (χ3v) is 4.61. The molecule has 0 amide bonds. The molecule has 0 saturated carbocycles. The van der Waals surface area contributed by atoms with Crippen LogP contribution in [0.1, 0.15) is 25.8 Å². The summed E-state index contributed by atoms with van der Waals surface area (Å²) in [7, 11) is 4.05. The highest BCUT2D eigenvalue weighted by atomic mass is 16.3. The van der Waals surface area contributed by atoms with Gasteiger partial charge in [-0.15, -0.1) is 0 Å². The van der Waals surface area contributed by atoms with E-state index in [0.717, 1.165) is 22.9 Å². The molecule has 2 unspecified atom stereocenters. The Morgan fingerprint density at radius 3 is 2.60 bits per heavy atom. The van der Waals surface area contributed by atoms with Gasteiger partial charge in [0.2, 0.25) is 0 Å². The second-order valence-corrected chi connectivity index (χ2v) is 5.81. The van der Waals surface area contributed by atoms with Crippen molar-refractivity contribution in [3.63, 3.8) is 0 Å². The van der Waals surface area contributed by atoms with Crippen LogP contribution >= 0.6 is 0 Å². The first-order valence-corrected chi connectivity index (χ1v) is 7.17. The van der Waals surface area contributed by atoms with Gasteiger partial charge in [-0.3, -0.25) is 4.98 Å². The molecule has 2 aromatic rings. The number of fused-ring (bicyclic) bond motifs is 1. The van der Waals surface area contributed by atoms with Gasteiger partial charge in [-0.05, 0) is 45.1 Å². The molecule has 3 heteroatoms. The fourth-order valence-electron chi connectivity index (χ4n) is 2.61. The molecule has 0 bridgehead atoms. The van der Waals surface area contributed by atoms with Gasteiger partial charge in [0.1, 0.15) is 0 Å². The minimum absolute atomic E-state index is 0.218. The Morgan fingerprint density at radius 1 is 1.25 bits per heavy atom. The summed E-state index contributed by atoms with van der Waals surface area (Å²) in [6.45, 7) is 4.23. The molecule has 0 saturated heterocycles. The molecule has 1 aromatic carbocycles. The Hall–Kier alpha value is -1.45. The molecule has 0 fully saturated rings. The van der Waals surface area contributed by atoms with E-state index in [0.29, 0.717) is 6.42 Å². The molecule has 0 spiro atoms. The minimum Gasteiger partial charge on any atom is -0.391 e. The summed E-state index contributed by atoms with van der Waals surface area (Å²) in [6, 6.07) is 10.1. The third-order valence-electron chi connectivity index (χ3n) is 4.61. The van der Waals surface area contributed by atoms with Gasteiger partial charge in [0.15, 0.2) is 0 Å². The highest BCUT2D eigenvalue weighted by Crippen LogP contribution is 2.26. The van der Waals surface area contributed by atoms with Gasteiger partial charge in [0.05, 0.1) is 11.6 Å². The van der Waals surface area contributed by atoms with Gasteiger partial charge >= 0.3 is 0 Å². The van der Waals surface area contributed by atoms with E-state index in [2.05, 4.69) is 29.8 Å². The lowest BCUT2D eigenvalue weighted by atomic mass is 9.86. The van der Waals surface area contributed by atoms with Crippen LogP contribution in [0.2, 0.25) is 0 Å². The van der Waals surface area contributed by atoms with Crippen molar-refractivity contribution in [2.24, 2.45) is 0 Å². The number of hydrogen-bond donors (Lipinski definition) is 1. The Kier molecular flexibility index (Phi) is 4.41. The van der Waals surface area contributed by atoms with Crippen LogP contribution in [0.25, 0.3) is 10.9 Å². The first kappa shape index (κ1) is 14.9. The summed E-state index contributed by atoms with van der Waals surface area (Å²) in [5.41, 5.74) is 1.93. The average Bonchev–Trinajstić information content (AvgIpc) is 2.46. The molecule has 2 atom stereocenters. The van der Waals surface area contributed by atoms with Crippen molar-refractivity contribution in [2.45, 2.75) is 38.3 Å². The number of benzene rings is 1. The van der Waals surface area contributed by atoms with Crippen LogP contribution in [-0.4, -0.2) is 40.7 Å². The monoisotopic (exact) mass is 272 g/mol. The maximum atomic E-state index is 10.7. The topological polar surface area (TPSA) is 36.4 Å². The number of aromatic nitrogens is 1. The van der Waals surface area contributed by atoms with Crippen molar-refractivity contribution < 1.29 is 5.11 Å². The maximum Gasteiger partial charge on any atom is 0.0761 e. The summed E-state index contributed by atoms with van der Waals surface area (Å²) in [5, 5.41) is 11.8. The Balaban J connectivity index is 2.32. The highest BCUT2D eigenvalue weighted by molar-refractivity contribution is 5.81. The van der Waals surface area contributed by atoms with Gasteiger partial charge in [-0.1, -0.05) is 25.1 Å². The summed E-state index contributed by atoms with van der Waals surface area (Å²) in [5.74, 6) is 0. The lowest BCUT2D eigenvalue weighted by Gasteiger charge is -2.40. The number of rotatable bonds is 5. The predicted molar refractivity (Wildman–Crippen MR) is 83.8 cm³/mol. The molecule has 1 heterocycles. The second kappa shape index (κ2) is 5.90. The number of hydrogen-bond acceptors (Lipinski definition) is 3. The molecule has 20 heavy (non-hydrogen) atoms. The minimum atomic E-state index is -0.409. The normalized spacial score (nSPS) is 16.3. The van der Waals surface area contributed by atoms with Crippen LogP contribution in [0.4, 0.5) is 0 Å². The SMILES string of the molecule is CCC(C)(C(O)Cc1ccnc2ccccc12)N(C)C. The van der Waals surface area contributed by atoms with Crippen molar-refractivity contribution in [3.05, 3.63) is 42.1 Å². The number of pyridine rings is 1. The first-order chi connectivity index (χ1) is 9.49. The standard InChI is InChI=1S/C17H24N2O/c1-5-17(2,19(3)4)16(20)12-13-10-11-18-15-9-7-6-8-14(13)15/h6-11,16,20H,5,12H2,1-4H3. The molecule has 3 nitrogen and oxygen atoms in total. The van der Waals surface area contributed by atoms with Crippen molar-refractivity contribution >= 4 is 10.9 Å². The van der Waals surface area contributed by atoms with Crippen molar-refractivity contribution in [1.29, 1.82) is 0 Å². The highest BCUT2D eigenvalue weighted by Gasteiger charge is 2.33. The summed E-state index contributed by atoms with van der Waals surface area (Å²) in [6.07, 6.45) is 2.97. The second-order valence-electron chi connectivity index (χ2n) is 5.81. The van der Waals surface area contributed by atoms with Crippen molar-refractivity contribution in [3.8, 4) is 0 Å². The number of nitrogens with zero attached hydrogens (tertiary/aromatic N) is 2. The average molecular weight is 272 g/mol. The fourth-order valence-corrected chi connectivity index (χ4v) is 2.61. The van der Waals surface area contributed by atoms with Crippen LogP contribution in [0.3, 0.4) is 0 Å². The van der Waals surface area contributed by atoms with E-state index in [1.54, 1.807) is 0 Å². The molecule has 0 radical (unpaired) electrons. The molecular formula is C17H24N2O. The number of likely N-dealkylation sites (N-methyl/N-ethyl adjacent to an activating group) is 1. The zero-order valence-electron chi connectivity index (χ0n) is 12.8.